The van der Waals surface area contributed by atoms with Crippen molar-refractivity contribution in [2.24, 2.45) is 0 Å². The summed E-state index contributed by atoms with van der Waals surface area (Å²) < 4.78 is 36.9. The molecule has 0 N–H and O–H groups in total. The molecule has 0 bridgehead atoms. The van der Waals surface area contributed by atoms with Gasteiger partial charge in [-0.05, 0) is 99.3 Å². The first-order chi connectivity index (χ1) is 37.2. The van der Waals surface area contributed by atoms with Crippen molar-refractivity contribution in [2.45, 2.75) is 85.9 Å². The monoisotopic (exact) mass is 1160 g/mol. The second kappa shape index (κ2) is 21.3. The van der Waals surface area contributed by atoms with E-state index in [4.69, 9.17) is 18.5 Å². The fraction of sp³-hybridized carbons (Fsp3) is 0.188. The van der Waals surface area contributed by atoms with Crippen molar-refractivity contribution in [1.82, 2.24) is 19.1 Å². The summed E-state index contributed by atoms with van der Waals surface area (Å²) in [6, 6.07) is 70.9. The Bertz CT molecular complexity index is 4060. The summed E-state index contributed by atoms with van der Waals surface area (Å²) in [7, 11) is 0. The molecule has 3 heterocycles. The number of fused-ring (bicyclic) bond motifs is 5. The number of aryl methyl sites for hydroxylation is 1. The van der Waals surface area contributed by atoms with Crippen LogP contribution in [-0.4, -0.2) is 19.1 Å². The summed E-state index contributed by atoms with van der Waals surface area (Å²) >= 11 is 0. The quantitative estimate of drug-likeness (QED) is 0.128. The number of para-hydroxylation sites is 6. The van der Waals surface area contributed by atoms with Crippen LogP contribution in [0.15, 0.2) is 192 Å². The molecule has 0 aliphatic carbocycles. The first kappa shape index (κ1) is 47.1. The molecule has 6 heteroatoms. The molecule has 0 aliphatic rings. The fourth-order valence-electron chi connectivity index (χ4n) is 10.6. The smallest absolute Gasteiger partial charge is 0.124 e. The van der Waals surface area contributed by atoms with Gasteiger partial charge in [0.1, 0.15) is 5.58 Å². The molecule has 1 radical (unpaired) electrons. The molecule has 375 valence electrons. The number of aromatic nitrogens is 4. The summed E-state index contributed by atoms with van der Waals surface area (Å²) in [5.41, 5.74) is 18.2. The average Bonchev–Trinajstić information content (AvgIpc) is 4.34. The first-order valence-electron chi connectivity index (χ1n) is 27.4. The van der Waals surface area contributed by atoms with Gasteiger partial charge in [-0.15, -0.1) is 53.6 Å². The van der Waals surface area contributed by atoms with Crippen molar-refractivity contribution in [2.75, 3.05) is 0 Å². The Morgan fingerprint density at radius 1 is 0.453 bits per heavy atom. The zero-order chi connectivity index (χ0) is 53.7. The minimum absolute atomic E-state index is 0. The topological polar surface area (TPSA) is 48.8 Å². The van der Waals surface area contributed by atoms with E-state index in [-0.39, 0.29) is 37.5 Å². The number of rotatable bonds is 10. The third kappa shape index (κ3) is 9.36. The summed E-state index contributed by atoms with van der Waals surface area (Å²) in [6.07, 6.45) is 0. The van der Waals surface area contributed by atoms with Gasteiger partial charge in [0.15, 0.2) is 0 Å². The number of furan rings is 1. The minimum Gasteiger partial charge on any atom is -0.500 e. The van der Waals surface area contributed by atoms with Gasteiger partial charge in [-0.2, -0.15) is 0 Å². The van der Waals surface area contributed by atoms with Crippen LogP contribution in [0.1, 0.15) is 111 Å². The molecule has 5 nitrogen and oxygen atoms in total. The van der Waals surface area contributed by atoms with Gasteiger partial charge in [0, 0.05) is 41.0 Å². The van der Waals surface area contributed by atoms with Crippen LogP contribution in [0.2, 0.25) is 0 Å². The van der Waals surface area contributed by atoms with Crippen molar-refractivity contribution in [3.63, 3.8) is 0 Å². The van der Waals surface area contributed by atoms with E-state index >= 15 is 0 Å². The number of benzene rings is 9. The van der Waals surface area contributed by atoms with E-state index in [1.807, 2.05) is 78.9 Å². The predicted molar refractivity (Wildman–Crippen MR) is 310 cm³/mol. The second-order valence-electron chi connectivity index (χ2n) is 20.5. The van der Waals surface area contributed by atoms with Gasteiger partial charge in [0.2, 0.25) is 0 Å². The van der Waals surface area contributed by atoms with Crippen molar-refractivity contribution < 1.29 is 28.6 Å². The summed E-state index contributed by atoms with van der Waals surface area (Å²) in [5, 5.41) is 1.59. The molecule has 0 spiro atoms. The molecule has 12 rings (SSSR count). The molecular formula is C69H62IrN4O-2. The Kier molecular flexibility index (Phi) is 13.4. The average molecular weight is 1160 g/mol. The normalized spacial score (nSPS) is 12.4. The largest absolute Gasteiger partial charge is 0.500 e. The Balaban J connectivity index is 0.000000181. The summed E-state index contributed by atoms with van der Waals surface area (Å²) in [5.74, 6) is 3.00. The molecule has 0 saturated heterocycles. The zero-order valence-electron chi connectivity index (χ0n) is 46.7. The first-order valence-corrected chi connectivity index (χ1v) is 25.9. The van der Waals surface area contributed by atoms with Crippen molar-refractivity contribution in [3.8, 4) is 56.4 Å². The van der Waals surface area contributed by atoms with E-state index in [1.165, 1.54) is 39.1 Å². The van der Waals surface area contributed by atoms with Crippen LogP contribution in [0.25, 0.3) is 100 Å². The van der Waals surface area contributed by atoms with Crippen molar-refractivity contribution in [3.05, 3.63) is 228 Å². The van der Waals surface area contributed by atoms with Gasteiger partial charge in [-0.1, -0.05) is 200 Å². The number of nitrogens with zero attached hydrogens (tertiary/aromatic N) is 4. The van der Waals surface area contributed by atoms with Gasteiger partial charge >= 0.3 is 0 Å². The zero-order valence-corrected chi connectivity index (χ0v) is 46.1. The van der Waals surface area contributed by atoms with Crippen LogP contribution < -0.4 is 0 Å². The predicted octanol–water partition coefficient (Wildman–Crippen LogP) is 19.0. The van der Waals surface area contributed by atoms with Crippen LogP contribution in [0.3, 0.4) is 0 Å². The van der Waals surface area contributed by atoms with Crippen molar-refractivity contribution >= 4 is 44.0 Å². The maximum atomic E-state index is 8.53. The Morgan fingerprint density at radius 3 is 1.48 bits per heavy atom. The molecule has 3 aromatic heterocycles. The van der Waals surface area contributed by atoms with E-state index in [1.54, 1.807) is 0 Å². The van der Waals surface area contributed by atoms with Gasteiger partial charge in [-0.3, -0.25) is 9.97 Å². The Labute approximate surface area is 459 Å². The Morgan fingerprint density at radius 2 is 0.933 bits per heavy atom. The van der Waals surface area contributed by atoms with Crippen LogP contribution in [-0.2, 0) is 20.1 Å². The third-order valence-electron chi connectivity index (χ3n) is 14.3. The maximum Gasteiger partial charge on any atom is 0.124 e. The third-order valence-corrected chi connectivity index (χ3v) is 14.3. The molecule has 12 aromatic rings. The molecule has 0 amide bonds. The standard InChI is InChI=1S/C38H33N2O.C31H29N2.Ir/c1-23(2)27-15-11-16-28(24(3)4)35(27)40-34-20-10-9-19-33(34)39-38(40)32-18-12-17-30-31-22-21-29(26-13-7-6-8-14-26)25(5)36(31)41-37(30)32;1-21(2)26-16-11-17-27(22(3)4)30(26)33-29-19-9-8-18-28(29)32-31(33)25-15-10-14-24(20-25)23-12-6-5-7-13-23;/h6-17,19-24H,1-5H3;5-14,16-22H,1-4H3;/q2*-1;/i5D3;;. The fourth-order valence-corrected chi connectivity index (χ4v) is 10.6. The molecule has 0 unspecified atom stereocenters. The minimum atomic E-state index is -2.39. The Hall–Kier alpha value is -7.63. The molecule has 0 saturated carbocycles. The van der Waals surface area contributed by atoms with Crippen LogP contribution >= 0.6 is 0 Å². The molecule has 0 fully saturated rings. The van der Waals surface area contributed by atoms with E-state index in [9.17, 15) is 0 Å². The molecule has 75 heavy (non-hydrogen) atoms. The van der Waals surface area contributed by atoms with E-state index in [0.29, 0.717) is 40.0 Å². The number of hydrogen-bond acceptors (Lipinski definition) is 3. The van der Waals surface area contributed by atoms with Crippen LogP contribution in [0, 0.1) is 19.0 Å². The van der Waals surface area contributed by atoms with Gasteiger partial charge < -0.3 is 13.6 Å². The van der Waals surface area contributed by atoms with Crippen molar-refractivity contribution in [1.29, 1.82) is 0 Å². The van der Waals surface area contributed by atoms with Gasteiger partial charge in [-0.25, -0.2) is 0 Å². The summed E-state index contributed by atoms with van der Waals surface area (Å²) in [4.78, 5) is 10.3. The number of imidazole rings is 2. The van der Waals surface area contributed by atoms with E-state index in [0.717, 1.165) is 55.5 Å². The maximum absolute atomic E-state index is 8.53. The molecule has 0 aliphatic heterocycles. The van der Waals surface area contributed by atoms with Gasteiger partial charge in [0.05, 0.1) is 39.3 Å². The molecule has 0 atom stereocenters. The second-order valence-corrected chi connectivity index (χ2v) is 20.5. The van der Waals surface area contributed by atoms with Crippen LogP contribution in [0.5, 0.6) is 0 Å². The molecular weight excluding hydrogens is 1090 g/mol. The molecule has 9 aromatic carbocycles. The van der Waals surface area contributed by atoms with Crippen LogP contribution in [0.4, 0.5) is 0 Å². The van der Waals surface area contributed by atoms with E-state index < -0.39 is 6.85 Å². The van der Waals surface area contributed by atoms with E-state index in [2.05, 4.69) is 186 Å². The number of hydrogen-bond donors (Lipinski definition) is 0. The SMILES string of the molecule is CC(C)c1cccc(C(C)C)c1-n1c(-c2[c-]ccc(-c3ccccc3)c2)nc2ccccc21.[2H]C([2H])([2H])c1c(-c2ccccc2)ccc2c1oc1c(-c3nc4ccccc4n3-c3c(C(C)C)cccc3C(C)C)[c-]ccc12.[Ir]. The van der Waals surface area contributed by atoms with Gasteiger partial charge in [0.25, 0.3) is 0 Å². The summed E-state index contributed by atoms with van der Waals surface area (Å²) in [6.45, 7) is 15.5.